The first kappa shape index (κ1) is 19.9. The van der Waals surface area contributed by atoms with Crippen molar-refractivity contribution in [1.82, 2.24) is 0 Å². The van der Waals surface area contributed by atoms with E-state index in [1.807, 2.05) is 60.7 Å². The predicted octanol–water partition coefficient (Wildman–Crippen LogP) is 1.88. The van der Waals surface area contributed by atoms with Crippen molar-refractivity contribution in [2.45, 2.75) is 43.9 Å². The highest BCUT2D eigenvalue weighted by Gasteiger charge is 2.45. The number of aliphatic hydroxyl groups is 2. The monoisotopic (exact) mass is 374 g/mol. The third-order valence-corrected chi connectivity index (χ3v) is 4.55. The summed E-state index contributed by atoms with van der Waals surface area (Å²) >= 11 is 0. The quantitative estimate of drug-likeness (QED) is 0.735. The third-order valence-electron chi connectivity index (χ3n) is 4.55. The molecule has 2 aromatic rings. The van der Waals surface area contributed by atoms with Gasteiger partial charge in [0.1, 0.15) is 24.4 Å². The summed E-state index contributed by atoms with van der Waals surface area (Å²) in [5, 5.41) is 20.7. The number of aliphatic hydroxyl groups excluding tert-OH is 2. The summed E-state index contributed by atoms with van der Waals surface area (Å²) in [6.45, 7) is 0.922. The van der Waals surface area contributed by atoms with Crippen molar-refractivity contribution in [3.63, 3.8) is 0 Å². The fraction of sp³-hybridized carbons (Fsp3) is 0.429. The van der Waals surface area contributed by atoms with Gasteiger partial charge in [0.25, 0.3) is 0 Å². The molecule has 1 heterocycles. The van der Waals surface area contributed by atoms with Crippen LogP contribution in [0.3, 0.4) is 0 Å². The molecule has 0 bridgehead atoms. The Morgan fingerprint density at radius 3 is 2.04 bits per heavy atom. The zero-order valence-corrected chi connectivity index (χ0v) is 15.3. The van der Waals surface area contributed by atoms with Crippen LogP contribution in [0.2, 0.25) is 0 Å². The summed E-state index contributed by atoms with van der Waals surface area (Å²) in [5.41, 5.74) is 2.01. The number of hydrogen-bond donors (Lipinski definition) is 2. The van der Waals surface area contributed by atoms with Crippen LogP contribution in [0.15, 0.2) is 60.7 Å². The van der Waals surface area contributed by atoms with Gasteiger partial charge in [-0.25, -0.2) is 0 Å². The molecule has 6 nitrogen and oxygen atoms in total. The first-order chi connectivity index (χ1) is 13.2. The fourth-order valence-electron chi connectivity index (χ4n) is 3.07. The molecule has 27 heavy (non-hydrogen) atoms. The second kappa shape index (κ2) is 9.94. The summed E-state index contributed by atoms with van der Waals surface area (Å²) in [7, 11) is 1.42. The Bertz CT molecular complexity index is 665. The van der Waals surface area contributed by atoms with Gasteiger partial charge in [0, 0.05) is 7.11 Å². The van der Waals surface area contributed by atoms with Gasteiger partial charge >= 0.3 is 0 Å². The van der Waals surface area contributed by atoms with Gasteiger partial charge in [-0.1, -0.05) is 60.7 Å². The smallest absolute Gasteiger partial charge is 0.186 e. The van der Waals surface area contributed by atoms with E-state index >= 15 is 0 Å². The van der Waals surface area contributed by atoms with E-state index in [1.54, 1.807) is 0 Å². The zero-order chi connectivity index (χ0) is 19.1. The minimum Gasteiger partial charge on any atom is -0.387 e. The van der Waals surface area contributed by atoms with Gasteiger partial charge in [0.2, 0.25) is 0 Å². The van der Waals surface area contributed by atoms with E-state index in [-0.39, 0.29) is 6.61 Å². The van der Waals surface area contributed by atoms with Crippen LogP contribution in [0.5, 0.6) is 0 Å². The Morgan fingerprint density at radius 1 is 0.852 bits per heavy atom. The molecule has 0 unspecified atom stereocenters. The highest BCUT2D eigenvalue weighted by molar-refractivity contribution is 5.14. The van der Waals surface area contributed by atoms with E-state index in [1.165, 1.54) is 7.11 Å². The molecular formula is C21H26O6. The van der Waals surface area contributed by atoms with Crippen LogP contribution in [0.25, 0.3) is 0 Å². The first-order valence-corrected chi connectivity index (χ1v) is 9.00. The van der Waals surface area contributed by atoms with Crippen molar-refractivity contribution in [2.24, 2.45) is 0 Å². The van der Waals surface area contributed by atoms with Crippen LogP contribution in [0.4, 0.5) is 0 Å². The van der Waals surface area contributed by atoms with E-state index in [0.29, 0.717) is 13.2 Å². The minimum absolute atomic E-state index is 0.206. The summed E-state index contributed by atoms with van der Waals surface area (Å²) in [6.07, 6.45) is -4.57. The van der Waals surface area contributed by atoms with Gasteiger partial charge in [0.05, 0.1) is 19.8 Å². The molecule has 6 heteroatoms. The molecule has 1 fully saturated rings. The fourth-order valence-corrected chi connectivity index (χ4v) is 3.07. The summed E-state index contributed by atoms with van der Waals surface area (Å²) in [4.78, 5) is 0. The maximum Gasteiger partial charge on any atom is 0.186 e. The molecule has 5 atom stereocenters. The van der Waals surface area contributed by atoms with Crippen molar-refractivity contribution in [2.75, 3.05) is 13.7 Å². The molecular weight excluding hydrogens is 348 g/mol. The normalized spacial score (nSPS) is 28.2. The summed E-state index contributed by atoms with van der Waals surface area (Å²) < 4.78 is 22.6. The Morgan fingerprint density at radius 2 is 1.44 bits per heavy atom. The highest BCUT2D eigenvalue weighted by atomic mass is 16.7. The van der Waals surface area contributed by atoms with E-state index < -0.39 is 30.7 Å². The lowest BCUT2D eigenvalue weighted by atomic mass is 9.99. The largest absolute Gasteiger partial charge is 0.387 e. The van der Waals surface area contributed by atoms with E-state index in [9.17, 15) is 10.2 Å². The molecule has 3 rings (SSSR count). The van der Waals surface area contributed by atoms with Gasteiger partial charge in [-0.3, -0.25) is 0 Å². The molecule has 0 amide bonds. The van der Waals surface area contributed by atoms with Crippen molar-refractivity contribution in [3.8, 4) is 0 Å². The van der Waals surface area contributed by atoms with Crippen LogP contribution >= 0.6 is 0 Å². The van der Waals surface area contributed by atoms with Crippen LogP contribution in [0.1, 0.15) is 11.1 Å². The molecule has 0 radical (unpaired) electrons. The second-order valence-corrected chi connectivity index (χ2v) is 6.52. The Labute approximate surface area is 159 Å². The lowest BCUT2D eigenvalue weighted by Crippen LogP contribution is -2.60. The number of rotatable bonds is 8. The standard InChI is InChI=1S/C21H26O6/c1-24-21-19(23)18(22)20(26-13-16-10-6-3-7-11-16)17(27-21)14-25-12-15-8-4-2-5-9-15/h2-11,17-23H,12-14H2,1H3/t17-,18-,19-,20-,21-/m1/s1. The SMILES string of the molecule is CO[C@@H]1O[C@H](COCc2ccccc2)[C@@H](OCc2ccccc2)[C@H](O)[C@H]1O. The van der Waals surface area contributed by atoms with E-state index in [2.05, 4.69) is 0 Å². The number of methoxy groups -OCH3 is 1. The maximum absolute atomic E-state index is 10.5. The summed E-state index contributed by atoms with van der Waals surface area (Å²) in [5.74, 6) is 0. The highest BCUT2D eigenvalue weighted by Crippen LogP contribution is 2.25. The van der Waals surface area contributed by atoms with Crippen LogP contribution in [0, 0.1) is 0 Å². The Balaban J connectivity index is 1.62. The van der Waals surface area contributed by atoms with Gasteiger partial charge in [-0.05, 0) is 11.1 Å². The minimum atomic E-state index is -1.19. The molecule has 0 saturated carbocycles. The van der Waals surface area contributed by atoms with Gasteiger partial charge < -0.3 is 29.2 Å². The van der Waals surface area contributed by atoms with E-state index in [0.717, 1.165) is 11.1 Å². The molecule has 0 aliphatic carbocycles. The molecule has 1 saturated heterocycles. The molecule has 1 aliphatic rings. The lowest BCUT2D eigenvalue weighted by Gasteiger charge is -2.41. The van der Waals surface area contributed by atoms with Crippen LogP contribution in [-0.2, 0) is 32.2 Å². The molecule has 146 valence electrons. The number of hydrogen-bond acceptors (Lipinski definition) is 6. The second-order valence-electron chi connectivity index (χ2n) is 6.52. The lowest BCUT2D eigenvalue weighted by molar-refractivity contribution is -0.305. The Kier molecular flexibility index (Phi) is 7.34. The average Bonchev–Trinajstić information content (AvgIpc) is 2.71. The maximum atomic E-state index is 10.5. The third kappa shape index (κ3) is 5.35. The molecule has 1 aliphatic heterocycles. The zero-order valence-electron chi connectivity index (χ0n) is 15.3. The molecule has 0 aromatic heterocycles. The van der Waals surface area contributed by atoms with Crippen molar-refractivity contribution < 1.29 is 29.2 Å². The average molecular weight is 374 g/mol. The van der Waals surface area contributed by atoms with Gasteiger partial charge in [0.15, 0.2) is 6.29 Å². The van der Waals surface area contributed by atoms with Crippen molar-refractivity contribution >= 4 is 0 Å². The first-order valence-electron chi connectivity index (χ1n) is 9.00. The predicted molar refractivity (Wildman–Crippen MR) is 98.8 cm³/mol. The molecule has 2 aromatic carbocycles. The van der Waals surface area contributed by atoms with Crippen LogP contribution in [-0.4, -0.2) is 54.6 Å². The van der Waals surface area contributed by atoms with Gasteiger partial charge in [-0.2, -0.15) is 0 Å². The topological polar surface area (TPSA) is 77.4 Å². The van der Waals surface area contributed by atoms with Crippen molar-refractivity contribution in [3.05, 3.63) is 71.8 Å². The number of ether oxygens (including phenoxy) is 4. The van der Waals surface area contributed by atoms with E-state index in [4.69, 9.17) is 18.9 Å². The van der Waals surface area contributed by atoms with Crippen LogP contribution < -0.4 is 0 Å². The summed E-state index contributed by atoms with van der Waals surface area (Å²) in [6, 6.07) is 19.4. The number of benzene rings is 2. The Hall–Kier alpha value is -1.80. The van der Waals surface area contributed by atoms with Crippen molar-refractivity contribution in [1.29, 1.82) is 0 Å². The molecule has 2 N–H and O–H groups in total. The van der Waals surface area contributed by atoms with Gasteiger partial charge in [-0.15, -0.1) is 0 Å². The molecule has 0 spiro atoms.